The molecule has 23 heavy (non-hydrogen) atoms. The number of ether oxygens (including phenoxy) is 1. The monoisotopic (exact) mass is 308 g/mol. The minimum atomic E-state index is -0.132. The molecule has 0 aromatic heterocycles. The number of hydrogen-bond acceptors (Lipinski definition) is 3. The minimum Gasteiger partial charge on any atom is -0.378 e. The molecule has 3 rings (SSSR count). The van der Waals surface area contributed by atoms with Gasteiger partial charge in [0.15, 0.2) is 0 Å². The van der Waals surface area contributed by atoms with Gasteiger partial charge in [-0.05, 0) is 35.9 Å². The predicted molar refractivity (Wildman–Crippen MR) is 93.6 cm³/mol. The number of hydrogen-bond donors (Lipinski definition) is 1. The number of anilines is 2. The van der Waals surface area contributed by atoms with Crippen LogP contribution in [-0.2, 0) is 9.53 Å². The van der Waals surface area contributed by atoms with Crippen molar-refractivity contribution in [3.63, 3.8) is 0 Å². The maximum atomic E-state index is 11.9. The fourth-order valence-corrected chi connectivity index (χ4v) is 2.50. The molecule has 0 spiro atoms. The molecule has 1 saturated heterocycles. The first-order valence-corrected chi connectivity index (χ1v) is 7.78. The molecular weight excluding hydrogens is 288 g/mol. The number of carbonyl (C=O) groups is 1. The molecule has 4 heteroatoms. The zero-order valence-electron chi connectivity index (χ0n) is 12.9. The van der Waals surface area contributed by atoms with E-state index in [-0.39, 0.29) is 5.91 Å². The van der Waals surface area contributed by atoms with Gasteiger partial charge in [-0.15, -0.1) is 0 Å². The van der Waals surface area contributed by atoms with E-state index in [1.165, 1.54) is 0 Å². The maximum absolute atomic E-state index is 11.9. The summed E-state index contributed by atoms with van der Waals surface area (Å²) >= 11 is 0. The Balaban J connectivity index is 1.57. The third-order valence-corrected chi connectivity index (χ3v) is 3.74. The van der Waals surface area contributed by atoms with Crippen LogP contribution in [0, 0.1) is 0 Å². The molecule has 0 saturated carbocycles. The zero-order chi connectivity index (χ0) is 15.9. The van der Waals surface area contributed by atoms with Crippen molar-refractivity contribution < 1.29 is 9.53 Å². The van der Waals surface area contributed by atoms with Gasteiger partial charge in [0, 0.05) is 30.5 Å². The highest BCUT2D eigenvalue weighted by Gasteiger charge is 2.10. The fourth-order valence-electron chi connectivity index (χ4n) is 2.50. The van der Waals surface area contributed by atoms with Gasteiger partial charge in [0.05, 0.1) is 13.2 Å². The summed E-state index contributed by atoms with van der Waals surface area (Å²) in [5, 5.41) is 2.87. The first-order chi connectivity index (χ1) is 11.3. The molecule has 1 aliphatic rings. The topological polar surface area (TPSA) is 41.6 Å². The van der Waals surface area contributed by atoms with Crippen molar-refractivity contribution in [2.45, 2.75) is 0 Å². The van der Waals surface area contributed by atoms with E-state index in [1.54, 1.807) is 12.2 Å². The van der Waals surface area contributed by atoms with Gasteiger partial charge in [-0.3, -0.25) is 4.79 Å². The molecule has 2 aromatic carbocycles. The van der Waals surface area contributed by atoms with Crippen LogP contribution in [0.25, 0.3) is 6.08 Å². The fraction of sp³-hybridized carbons (Fsp3) is 0.211. The van der Waals surface area contributed by atoms with Crippen LogP contribution in [0.2, 0.25) is 0 Å². The highest BCUT2D eigenvalue weighted by Crippen LogP contribution is 2.19. The van der Waals surface area contributed by atoms with Gasteiger partial charge in [-0.25, -0.2) is 0 Å². The SMILES string of the molecule is O=C(C=Cc1ccccc1)Nc1ccc(N2CCOCC2)cc1. The third kappa shape index (κ3) is 4.44. The van der Waals surface area contributed by atoms with E-state index in [0.29, 0.717) is 0 Å². The maximum Gasteiger partial charge on any atom is 0.248 e. The minimum absolute atomic E-state index is 0.132. The number of carbonyl (C=O) groups excluding carboxylic acids is 1. The molecule has 0 bridgehead atoms. The lowest BCUT2D eigenvalue weighted by atomic mass is 10.2. The Bertz CT molecular complexity index is 660. The number of benzene rings is 2. The summed E-state index contributed by atoms with van der Waals surface area (Å²) in [5.41, 5.74) is 2.96. The first kappa shape index (κ1) is 15.3. The van der Waals surface area contributed by atoms with Crippen LogP contribution in [0.5, 0.6) is 0 Å². The molecule has 1 aliphatic heterocycles. The Hall–Kier alpha value is -2.59. The van der Waals surface area contributed by atoms with Gasteiger partial charge in [-0.2, -0.15) is 0 Å². The number of nitrogens with one attached hydrogen (secondary N) is 1. The summed E-state index contributed by atoms with van der Waals surface area (Å²) in [7, 11) is 0. The van der Waals surface area contributed by atoms with Crippen molar-refractivity contribution in [2.24, 2.45) is 0 Å². The van der Waals surface area contributed by atoms with Gasteiger partial charge in [0.1, 0.15) is 0 Å². The van der Waals surface area contributed by atoms with Crippen molar-refractivity contribution >= 4 is 23.4 Å². The highest BCUT2D eigenvalue weighted by molar-refractivity contribution is 6.02. The normalized spacial score (nSPS) is 14.9. The van der Waals surface area contributed by atoms with E-state index in [1.807, 2.05) is 54.6 Å². The van der Waals surface area contributed by atoms with E-state index in [4.69, 9.17) is 4.74 Å². The number of rotatable bonds is 4. The Labute approximate surface area is 136 Å². The number of amides is 1. The van der Waals surface area contributed by atoms with Crippen LogP contribution >= 0.6 is 0 Å². The molecule has 2 aromatic rings. The summed E-state index contributed by atoms with van der Waals surface area (Å²) in [6.45, 7) is 3.35. The largest absolute Gasteiger partial charge is 0.378 e. The van der Waals surface area contributed by atoms with Crippen LogP contribution in [-0.4, -0.2) is 32.2 Å². The molecule has 0 atom stereocenters. The van der Waals surface area contributed by atoms with Gasteiger partial charge in [-0.1, -0.05) is 30.3 Å². The third-order valence-electron chi connectivity index (χ3n) is 3.74. The molecule has 4 nitrogen and oxygen atoms in total. The average molecular weight is 308 g/mol. The molecular formula is C19H20N2O2. The Morgan fingerprint density at radius 3 is 2.39 bits per heavy atom. The standard InChI is InChI=1S/C19H20N2O2/c22-19(11-6-16-4-2-1-3-5-16)20-17-7-9-18(10-8-17)21-12-14-23-15-13-21/h1-11H,12-15H2,(H,20,22). The predicted octanol–water partition coefficient (Wildman–Crippen LogP) is 3.18. The van der Waals surface area contributed by atoms with Crippen molar-refractivity contribution in [3.8, 4) is 0 Å². The second kappa shape index (κ2) is 7.61. The molecule has 1 N–H and O–H groups in total. The lowest BCUT2D eigenvalue weighted by Crippen LogP contribution is -2.36. The summed E-state index contributed by atoms with van der Waals surface area (Å²) in [6, 6.07) is 17.7. The van der Waals surface area contributed by atoms with Crippen LogP contribution in [0.3, 0.4) is 0 Å². The van der Waals surface area contributed by atoms with Gasteiger partial charge in [0.25, 0.3) is 0 Å². The molecule has 1 amide bonds. The van der Waals surface area contributed by atoms with E-state index < -0.39 is 0 Å². The smallest absolute Gasteiger partial charge is 0.248 e. The van der Waals surface area contributed by atoms with Gasteiger partial charge < -0.3 is 15.0 Å². The summed E-state index contributed by atoms with van der Waals surface area (Å²) in [6.07, 6.45) is 3.35. The molecule has 0 aliphatic carbocycles. The van der Waals surface area contributed by atoms with Crippen molar-refractivity contribution in [2.75, 3.05) is 36.5 Å². The van der Waals surface area contributed by atoms with Crippen molar-refractivity contribution in [3.05, 3.63) is 66.2 Å². The molecule has 0 unspecified atom stereocenters. The van der Waals surface area contributed by atoms with E-state index in [9.17, 15) is 4.79 Å². The summed E-state index contributed by atoms with van der Waals surface area (Å²) < 4.78 is 5.35. The second-order valence-electron chi connectivity index (χ2n) is 5.38. The Morgan fingerprint density at radius 2 is 1.70 bits per heavy atom. The summed E-state index contributed by atoms with van der Waals surface area (Å²) in [4.78, 5) is 14.2. The van der Waals surface area contributed by atoms with Crippen molar-refractivity contribution in [1.82, 2.24) is 0 Å². The molecule has 118 valence electrons. The average Bonchev–Trinajstić information content (AvgIpc) is 2.62. The Kier molecular flexibility index (Phi) is 5.06. The van der Waals surface area contributed by atoms with Gasteiger partial charge in [0.2, 0.25) is 5.91 Å². The molecule has 0 radical (unpaired) electrons. The van der Waals surface area contributed by atoms with Crippen molar-refractivity contribution in [1.29, 1.82) is 0 Å². The lowest BCUT2D eigenvalue weighted by Gasteiger charge is -2.28. The molecule has 1 heterocycles. The first-order valence-electron chi connectivity index (χ1n) is 7.78. The number of morpholine rings is 1. The molecule has 1 fully saturated rings. The highest BCUT2D eigenvalue weighted by atomic mass is 16.5. The quantitative estimate of drug-likeness (QED) is 0.882. The van der Waals surface area contributed by atoms with Crippen LogP contribution in [0.1, 0.15) is 5.56 Å². The van der Waals surface area contributed by atoms with Crippen LogP contribution in [0.15, 0.2) is 60.7 Å². The van der Waals surface area contributed by atoms with Crippen LogP contribution < -0.4 is 10.2 Å². The summed E-state index contributed by atoms with van der Waals surface area (Å²) in [5.74, 6) is -0.132. The second-order valence-corrected chi connectivity index (χ2v) is 5.38. The van der Waals surface area contributed by atoms with E-state index >= 15 is 0 Å². The zero-order valence-corrected chi connectivity index (χ0v) is 12.9. The Morgan fingerprint density at radius 1 is 1.00 bits per heavy atom. The lowest BCUT2D eigenvalue weighted by molar-refractivity contribution is -0.111. The van der Waals surface area contributed by atoms with E-state index in [2.05, 4.69) is 10.2 Å². The number of nitrogens with zero attached hydrogens (tertiary/aromatic N) is 1. The van der Waals surface area contributed by atoms with Gasteiger partial charge >= 0.3 is 0 Å². The van der Waals surface area contributed by atoms with Crippen LogP contribution in [0.4, 0.5) is 11.4 Å². The van der Waals surface area contributed by atoms with E-state index in [0.717, 1.165) is 43.2 Å².